The largest absolute Gasteiger partial charge is 0.316 e. The maximum Gasteiger partial charge on any atom is 0.238 e. The highest BCUT2D eigenvalue weighted by molar-refractivity contribution is 8.00. The van der Waals surface area contributed by atoms with Gasteiger partial charge in [-0.25, -0.2) is 0 Å². The van der Waals surface area contributed by atoms with Gasteiger partial charge in [-0.1, -0.05) is 24.2 Å². The summed E-state index contributed by atoms with van der Waals surface area (Å²) in [6.07, 6.45) is 8.46. The van der Waals surface area contributed by atoms with Crippen molar-refractivity contribution in [3.63, 3.8) is 0 Å². The van der Waals surface area contributed by atoms with E-state index >= 15 is 0 Å². The van der Waals surface area contributed by atoms with Gasteiger partial charge in [-0.15, -0.1) is 32.9 Å². The molecular formula is C23H25N5OS3. The molecule has 0 aromatic carbocycles. The number of nitrogens with zero attached hydrogens (tertiary/aromatic N) is 4. The summed E-state index contributed by atoms with van der Waals surface area (Å²) in [7, 11) is 0. The number of carbonyl (C=O) groups is 1. The number of fused-ring (bicyclic) bond motifs is 1. The van der Waals surface area contributed by atoms with Gasteiger partial charge in [0.1, 0.15) is 16.9 Å². The molecule has 2 aliphatic rings. The number of aryl methyl sites for hydroxylation is 1. The van der Waals surface area contributed by atoms with Gasteiger partial charge in [0.05, 0.1) is 10.8 Å². The van der Waals surface area contributed by atoms with Crippen molar-refractivity contribution in [1.82, 2.24) is 14.8 Å². The van der Waals surface area contributed by atoms with E-state index in [1.165, 1.54) is 27.9 Å². The molecule has 0 radical (unpaired) electrons. The number of thioether (sulfide) groups is 1. The highest BCUT2D eigenvalue weighted by Gasteiger charge is 2.31. The van der Waals surface area contributed by atoms with Crippen molar-refractivity contribution in [3.05, 3.63) is 44.2 Å². The van der Waals surface area contributed by atoms with E-state index < -0.39 is 0 Å². The Morgan fingerprint density at radius 3 is 2.94 bits per heavy atom. The molecule has 3 aromatic heterocycles. The van der Waals surface area contributed by atoms with Crippen LogP contribution >= 0.6 is 34.4 Å². The number of nitriles is 1. The quantitative estimate of drug-likeness (QED) is 0.350. The third kappa shape index (κ3) is 4.49. The molecule has 6 nitrogen and oxygen atoms in total. The SMILES string of the molecule is C[C@H](Sc1nnc(Cc2cccs2)n1C1CC1)C(=O)Nc1sc2c(c1C#N)CCCCC2. The van der Waals surface area contributed by atoms with Crippen LogP contribution in [-0.4, -0.2) is 25.9 Å². The standard InChI is InChI=1S/C23H25N5OS3/c1-14(21(29)25-22-18(13-24)17-7-3-2-4-8-19(17)32-22)31-23-27-26-20(28(23)15-9-10-15)12-16-6-5-11-30-16/h5-6,11,14-15H,2-4,7-10,12H2,1H3,(H,25,29)/t14-/m0/s1. The molecule has 1 fully saturated rings. The molecule has 0 bridgehead atoms. The van der Waals surface area contributed by atoms with Crippen molar-refractivity contribution in [3.8, 4) is 6.07 Å². The summed E-state index contributed by atoms with van der Waals surface area (Å²) in [4.78, 5) is 15.6. The number of nitrogens with one attached hydrogen (secondary N) is 1. The minimum absolute atomic E-state index is 0.0898. The summed E-state index contributed by atoms with van der Waals surface area (Å²) >= 11 is 4.76. The number of rotatable bonds is 7. The zero-order valence-electron chi connectivity index (χ0n) is 18.0. The Bertz CT molecular complexity index is 1150. The smallest absolute Gasteiger partial charge is 0.238 e. The van der Waals surface area contributed by atoms with Crippen molar-refractivity contribution >= 4 is 45.3 Å². The van der Waals surface area contributed by atoms with Crippen LogP contribution in [0.4, 0.5) is 5.00 Å². The zero-order valence-corrected chi connectivity index (χ0v) is 20.4. The molecule has 1 atom stereocenters. The fourth-order valence-electron chi connectivity index (χ4n) is 4.15. The van der Waals surface area contributed by atoms with Gasteiger partial charge in [0.2, 0.25) is 5.91 Å². The number of amides is 1. The maximum atomic E-state index is 13.0. The van der Waals surface area contributed by atoms with E-state index in [1.54, 1.807) is 22.7 Å². The predicted molar refractivity (Wildman–Crippen MR) is 130 cm³/mol. The van der Waals surface area contributed by atoms with E-state index in [0.29, 0.717) is 16.6 Å². The minimum atomic E-state index is -0.334. The summed E-state index contributed by atoms with van der Waals surface area (Å²) in [5.74, 6) is 0.881. The molecule has 0 aliphatic heterocycles. The second-order valence-corrected chi connectivity index (χ2v) is 11.8. The van der Waals surface area contributed by atoms with Crippen LogP contribution in [0.1, 0.15) is 71.8 Å². The normalized spacial score (nSPS) is 16.8. The van der Waals surface area contributed by atoms with E-state index in [9.17, 15) is 10.1 Å². The fraction of sp³-hybridized carbons (Fsp3) is 0.478. The van der Waals surface area contributed by atoms with Gasteiger partial charge >= 0.3 is 0 Å². The first-order valence-electron chi connectivity index (χ1n) is 11.1. The molecule has 3 aromatic rings. The van der Waals surface area contributed by atoms with Crippen LogP contribution in [0.25, 0.3) is 0 Å². The Morgan fingerprint density at radius 1 is 1.34 bits per heavy atom. The molecule has 166 valence electrons. The Balaban J connectivity index is 1.31. The van der Waals surface area contributed by atoms with Crippen LogP contribution in [0.3, 0.4) is 0 Å². The minimum Gasteiger partial charge on any atom is -0.316 e. The number of aromatic nitrogens is 3. The molecule has 5 rings (SSSR count). The molecule has 1 amide bonds. The van der Waals surface area contributed by atoms with Crippen LogP contribution in [0.5, 0.6) is 0 Å². The summed E-state index contributed by atoms with van der Waals surface area (Å²) < 4.78 is 2.22. The number of hydrogen-bond acceptors (Lipinski definition) is 7. The summed E-state index contributed by atoms with van der Waals surface area (Å²) in [5, 5.41) is 24.9. The lowest BCUT2D eigenvalue weighted by atomic mass is 10.1. The molecule has 1 saturated carbocycles. The van der Waals surface area contributed by atoms with Gasteiger partial charge < -0.3 is 9.88 Å². The fourth-order valence-corrected chi connectivity index (χ4v) is 7.03. The topological polar surface area (TPSA) is 83.6 Å². The number of carbonyl (C=O) groups excluding carboxylic acids is 1. The first-order valence-corrected chi connectivity index (χ1v) is 13.7. The molecule has 1 N–H and O–H groups in total. The van der Waals surface area contributed by atoms with E-state index in [1.807, 2.05) is 6.92 Å². The highest BCUT2D eigenvalue weighted by Crippen LogP contribution is 2.41. The number of anilines is 1. The van der Waals surface area contributed by atoms with Crippen LogP contribution < -0.4 is 5.32 Å². The van der Waals surface area contributed by atoms with Gasteiger partial charge in [0, 0.05) is 22.2 Å². The van der Waals surface area contributed by atoms with Gasteiger partial charge in [0.15, 0.2) is 5.16 Å². The highest BCUT2D eigenvalue weighted by atomic mass is 32.2. The van der Waals surface area contributed by atoms with Crippen molar-refractivity contribution in [1.29, 1.82) is 5.26 Å². The van der Waals surface area contributed by atoms with E-state index in [0.717, 1.165) is 61.5 Å². The first-order chi connectivity index (χ1) is 15.6. The lowest BCUT2D eigenvalue weighted by molar-refractivity contribution is -0.115. The summed E-state index contributed by atoms with van der Waals surface area (Å²) in [6, 6.07) is 6.96. The van der Waals surface area contributed by atoms with Gasteiger partial charge in [-0.2, -0.15) is 5.26 Å². The molecule has 9 heteroatoms. The van der Waals surface area contributed by atoms with E-state index in [4.69, 9.17) is 0 Å². The average molecular weight is 484 g/mol. The summed E-state index contributed by atoms with van der Waals surface area (Å²) in [5.41, 5.74) is 1.81. The van der Waals surface area contributed by atoms with Crippen LogP contribution in [0.2, 0.25) is 0 Å². The lowest BCUT2D eigenvalue weighted by Crippen LogP contribution is -2.23. The second-order valence-electron chi connectivity index (χ2n) is 8.39. The van der Waals surface area contributed by atoms with Crippen LogP contribution in [0.15, 0.2) is 22.7 Å². The van der Waals surface area contributed by atoms with E-state index in [2.05, 4.69) is 43.7 Å². The van der Waals surface area contributed by atoms with E-state index in [-0.39, 0.29) is 11.2 Å². The van der Waals surface area contributed by atoms with Crippen molar-refractivity contribution in [2.45, 2.75) is 74.7 Å². The molecule has 0 saturated heterocycles. The van der Waals surface area contributed by atoms with Crippen molar-refractivity contribution in [2.75, 3.05) is 5.32 Å². The maximum absolute atomic E-state index is 13.0. The average Bonchev–Trinajstić information content (AvgIpc) is 3.29. The number of thiophene rings is 2. The van der Waals surface area contributed by atoms with Gasteiger partial charge in [-0.3, -0.25) is 4.79 Å². The summed E-state index contributed by atoms with van der Waals surface area (Å²) in [6.45, 7) is 1.90. The zero-order chi connectivity index (χ0) is 22.1. The lowest BCUT2D eigenvalue weighted by Gasteiger charge is -2.13. The molecule has 0 spiro atoms. The molecule has 32 heavy (non-hydrogen) atoms. The third-order valence-corrected chi connectivity index (χ3v) is 9.12. The van der Waals surface area contributed by atoms with Crippen molar-refractivity contribution < 1.29 is 4.79 Å². The Kier molecular flexibility index (Phi) is 6.35. The Hall–Kier alpha value is -2.15. The number of hydrogen-bond donors (Lipinski definition) is 1. The monoisotopic (exact) mass is 483 g/mol. The van der Waals surface area contributed by atoms with Gasteiger partial charge in [-0.05, 0) is 62.5 Å². The van der Waals surface area contributed by atoms with Crippen molar-refractivity contribution in [2.24, 2.45) is 0 Å². The Labute approximate surface area is 200 Å². The predicted octanol–water partition coefficient (Wildman–Crippen LogP) is 5.59. The molecular weight excluding hydrogens is 458 g/mol. The third-order valence-electron chi connectivity index (χ3n) is 5.98. The van der Waals surface area contributed by atoms with Crippen LogP contribution in [-0.2, 0) is 24.1 Å². The first kappa shape index (κ1) is 21.7. The second kappa shape index (κ2) is 9.38. The van der Waals surface area contributed by atoms with Crippen LogP contribution in [0, 0.1) is 11.3 Å². The van der Waals surface area contributed by atoms with Gasteiger partial charge in [0.25, 0.3) is 0 Å². The molecule has 2 aliphatic carbocycles. The molecule has 0 unspecified atom stereocenters. The molecule has 3 heterocycles. The Morgan fingerprint density at radius 2 is 2.19 bits per heavy atom.